The van der Waals surface area contributed by atoms with Crippen molar-refractivity contribution >= 4 is 17.9 Å². The van der Waals surface area contributed by atoms with E-state index in [0.717, 1.165) is 103 Å². The minimum Gasteiger partial charge on any atom is -0.462 e. The van der Waals surface area contributed by atoms with Crippen molar-refractivity contribution in [2.24, 2.45) is 0 Å². The lowest BCUT2D eigenvalue weighted by Gasteiger charge is -2.18. The molecule has 0 aliphatic rings. The monoisotopic (exact) mass is 755 g/mol. The van der Waals surface area contributed by atoms with Crippen molar-refractivity contribution in [3.05, 3.63) is 60.8 Å². The van der Waals surface area contributed by atoms with Gasteiger partial charge in [0.2, 0.25) is 0 Å². The highest BCUT2D eigenvalue weighted by molar-refractivity contribution is 5.71. The van der Waals surface area contributed by atoms with Crippen LogP contribution in [0.15, 0.2) is 60.8 Å². The Morgan fingerprint density at radius 3 is 1.19 bits per heavy atom. The molecular formula is C48H82O6. The predicted molar refractivity (Wildman–Crippen MR) is 228 cm³/mol. The van der Waals surface area contributed by atoms with Gasteiger partial charge in [-0.05, 0) is 83.5 Å². The summed E-state index contributed by atoms with van der Waals surface area (Å²) in [5.41, 5.74) is 0. The number of ether oxygens (including phenoxy) is 3. The van der Waals surface area contributed by atoms with Crippen molar-refractivity contribution in [2.45, 2.75) is 213 Å². The lowest BCUT2D eigenvalue weighted by atomic mass is 10.1. The number of rotatable bonds is 39. The molecule has 0 heterocycles. The van der Waals surface area contributed by atoms with Gasteiger partial charge in [0.25, 0.3) is 0 Å². The first-order chi connectivity index (χ1) is 26.5. The quantitative estimate of drug-likeness (QED) is 0.0269. The Morgan fingerprint density at radius 2 is 0.722 bits per heavy atom. The highest BCUT2D eigenvalue weighted by atomic mass is 16.6. The Kier molecular flexibility index (Phi) is 40.6. The highest BCUT2D eigenvalue weighted by Crippen LogP contribution is 2.13. The summed E-state index contributed by atoms with van der Waals surface area (Å²) in [5, 5.41) is 0. The van der Waals surface area contributed by atoms with Gasteiger partial charge in [0.15, 0.2) is 6.10 Å². The standard InChI is InChI=1S/C48H82O6/c1-4-7-10-13-16-19-21-23-24-26-27-29-32-35-38-41-47(50)53-44-45(43-52-46(49)40-37-34-31-18-15-12-9-6-3)54-48(51)42-39-36-33-30-28-25-22-20-17-14-11-8-5-2/h8,11,16-17,19-20,23-25,28,45H,4-7,9-10,12-15,18,21-22,26-27,29-44H2,1-3H3/b11-8-,19-16-,20-17-,24-23-,28-25-. The average Bonchev–Trinajstić information content (AvgIpc) is 3.17. The molecule has 54 heavy (non-hydrogen) atoms. The molecule has 6 nitrogen and oxygen atoms in total. The highest BCUT2D eigenvalue weighted by Gasteiger charge is 2.19. The van der Waals surface area contributed by atoms with Crippen LogP contribution in [0.25, 0.3) is 0 Å². The van der Waals surface area contributed by atoms with Gasteiger partial charge in [-0.2, -0.15) is 0 Å². The molecule has 0 aliphatic carbocycles. The van der Waals surface area contributed by atoms with Crippen LogP contribution >= 0.6 is 0 Å². The van der Waals surface area contributed by atoms with Crippen LogP contribution in [-0.4, -0.2) is 37.2 Å². The van der Waals surface area contributed by atoms with Crippen LogP contribution < -0.4 is 0 Å². The van der Waals surface area contributed by atoms with E-state index < -0.39 is 6.10 Å². The average molecular weight is 755 g/mol. The third kappa shape index (κ3) is 40.3. The SMILES string of the molecule is CC/C=C\C/C=C\C/C=C\CCCCCC(=O)OC(COC(=O)CCCCCCC/C=C\C/C=C\CCCCC)COC(=O)CCCCCCCCCC. The van der Waals surface area contributed by atoms with E-state index in [9.17, 15) is 14.4 Å². The van der Waals surface area contributed by atoms with Crippen molar-refractivity contribution in [1.82, 2.24) is 0 Å². The molecule has 0 saturated carbocycles. The number of hydrogen-bond donors (Lipinski definition) is 0. The Morgan fingerprint density at radius 1 is 0.389 bits per heavy atom. The fourth-order valence-corrected chi connectivity index (χ4v) is 5.90. The largest absolute Gasteiger partial charge is 0.462 e. The van der Waals surface area contributed by atoms with E-state index in [0.29, 0.717) is 19.3 Å². The molecule has 0 aliphatic heterocycles. The van der Waals surface area contributed by atoms with E-state index >= 15 is 0 Å². The third-order valence-electron chi connectivity index (χ3n) is 9.26. The molecular weight excluding hydrogens is 673 g/mol. The molecule has 0 aromatic heterocycles. The second kappa shape index (κ2) is 42.8. The summed E-state index contributed by atoms with van der Waals surface area (Å²) in [6.45, 7) is 6.41. The first-order valence-corrected chi connectivity index (χ1v) is 22.3. The van der Waals surface area contributed by atoms with Crippen LogP contribution in [0.1, 0.15) is 207 Å². The van der Waals surface area contributed by atoms with Crippen LogP contribution in [0.3, 0.4) is 0 Å². The molecule has 0 spiro atoms. The van der Waals surface area contributed by atoms with Gasteiger partial charge in [-0.15, -0.1) is 0 Å². The molecule has 0 radical (unpaired) electrons. The van der Waals surface area contributed by atoms with Gasteiger partial charge < -0.3 is 14.2 Å². The van der Waals surface area contributed by atoms with Crippen LogP contribution in [0.5, 0.6) is 0 Å². The van der Waals surface area contributed by atoms with E-state index in [1.807, 2.05) is 0 Å². The van der Waals surface area contributed by atoms with E-state index in [1.165, 1.54) is 64.2 Å². The van der Waals surface area contributed by atoms with E-state index in [1.54, 1.807) is 0 Å². The summed E-state index contributed by atoms with van der Waals surface area (Å²) >= 11 is 0. The second-order valence-electron chi connectivity index (χ2n) is 14.6. The normalized spacial score (nSPS) is 12.6. The van der Waals surface area contributed by atoms with Crippen molar-refractivity contribution in [3.63, 3.8) is 0 Å². The summed E-state index contributed by atoms with van der Waals surface area (Å²) in [4.78, 5) is 37.6. The Balaban J connectivity index is 4.41. The number of carbonyl (C=O) groups is 3. The van der Waals surface area contributed by atoms with Crippen molar-refractivity contribution in [2.75, 3.05) is 13.2 Å². The fourth-order valence-electron chi connectivity index (χ4n) is 5.90. The van der Waals surface area contributed by atoms with E-state index in [-0.39, 0.29) is 31.1 Å². The molecule has 6 heteroatoms. The Hall–Kier alpha value is -2.89. The Labute approximate surface area is 332 Å². The summed E-state index contributed by atoms with van der Waals surface area (Å²) in [6, 6.07) is 0. The van der Waals surface area contributed by atoms with Gasteiger partial charge in [-0.3, -0.25) is 14.4 Å². The lowest BCUT2D eigenvalue weighted by Crippen LogP contribution is -2.30. The zero-order chi connectivity index (χ0) is 39.4. The number of carbonyl (C=O) groups excluding carboxylic acids is 3. The molecule has 0 aromatic rings. The van der Waals surface area contributed by atoms with Gasteiger partial charge >= 0.3 is 17.9 Å². The van der Waals surface area contributed by atoms with Gasteiger partial charge in [-0.25, -0.2) is 0 Å². The van der Waals surface area contributed by atoms with Crippen LogP contribution in [0.4, 0.5) is 0 Å². The Bertz CT molecular complexity index is 1010. The predicted octanol–water partition coefficient (Wildman–Crippen LogP) is 14.1. The lowest BCUT2D eigenvalue weighted by molar-refractivity contribution is -0.167. The smallest absolute Gasteiger partial charge is 0.306 e. The molecule has 0 N–H and O–H groups in total. The maximum atomic E-state index is 12.7. The molecule has 0 amide bonds. The van der Waals surface area contributed by atoms with Gasteiger partial charge in [0.05, 0.1) is 0 Å². The summed E-state index contributed by atoms with van der Waals surface area (Å²) in [7, 11) is 0. The summed E-state index contributed by atoms with van der Waals surface area (Å²) in [6.07, 6.45) is 50.6. The fraction of sp³-hybridized carbons (Fsp3) is 0.729. The maximum absolute atomic E-state index is 12.7. The molecule has 0 rings (SSSR count). The van der Waals surface area contributed by atoms with Crippen molar-refractivity contribution in [1.29, 1.82) is 0 Å². The first-order valence-electron chi connectivity index (χ1n) is 22.3. The topological polar surface area (TPSA) is 78.9 Å². The van der Waals surface area contributed by atoms with Crippen LogP contribution in [-0.2, 0) is 28.6 Å². The maximum Gasteiger partial charge on any atom is 0.306 e. The number of allylic oxidation sites excluding steroid dienone is 10. The van der Waals surface area contributed by atoms with E-state index in [2.05, 4.69) is 81.5 Å². The molecule has 0 bridgehead atoms. The van der Waals surface area contributed by atoms with Gasteiger partial charge in [0, 0.05) is 19.3 Å². The van der Waals surface area contributed by atoms with Crippen LogP contribution in [0, 0.1) is 0 Å². The number of hydrogen-bond acceptors (Lipinski definition) is 6. The molecule has 1 atom stereocenters. The second-order valence-corrected chi connectivity index (χ2v) is 14.6. The minimum absolute atomic E-state index is 0.0906. The molecule has 0 fully saturated rings. The van der Waals surface area contributed by atoms with Gasteiger partial charge in [-0.1, -0.05) is 165 Å². The van der Waals surface area contributed by atoms with Crippen LogP contribution in [0.2, 0.25) is 0 Å². The summed E-state index contributed by atoms with van der Waals surface area (Å²) < 4.78 is 16.6. The van der Waals surface area contributed by atoms with E-state index in [4.69, 9.17) is 14.2 Å². The first kappa shape index (κ1) is 51.1. The van der Waals surface area contributed by atoms with Crippen molar-refractivity contribution in [3.8, 4) is 0 Å². The molecule has 0 aromatic carbocycles. The van der Waals surface area contributed by atoms with Crippen molar-refractivity contribution < 1.29 is 28.6 Å². The molecule has 1 unspecified atom stereocenters. The minimum atomic E-state index is -0.790. The zero-order valence-corrected chi connectivity index (χ0v) is 35.2. The zero-order valence-electron chi connectivity index (χ0n) is 35.2. The van der Waals surface area contributed by atoms with Gasteiger partial charge in [0.1, 0.15) is 13.2 Å². The molecule has 310 valence electrons. The molecule has 0 saturated heterocycles. The summed E-state index contributed by atoms with van der Waals surface area (Å²) in [5.74, 6) is -0.944. The number of esters is 3. The third-order valence-corrected chi connectivity index (χ3v) is 9.26. The number of unbranched alkanes of at least 4 members (excludes halogenated alkanes) is 18.